The van der Waals surface area contributed by atoms with Crippen LogP contribution in [0.4, 0.5) is 0 Å². The van der Waals surface area contributed by atoms with Crippen molar-refractivity contribution in [1.29, 1.82) is 5.26 Å². The lowest BCUT2D eigenvalue weighted by molar-refractivity contribution is 0.538. The van der Waals surface area contributed by atoms with E-state index in [4.69, 9.17) is 5.26 Å². The van der Waals surface area contributed by atoms with E-state index in [0.717, 1.165) is 5.56 Å². The molecule has 0 atom stereocenters. The Labute approximate surface area is 101 Å². The van der Waals surface area contributed by atoms with Gasteiger partial charge in [0.1, 0.15) is 11.8 Å². The van der Waals surface area contributed by atoms with Crippen molar-refractivity contribution < 1.29 is 0 Å². The number of benzene rings is 2. The highest BCUT2D eigenvalue weighted by Gasteiger charge is 2.01. The summed E-state index contributed by atoms with van der Waals surface area (Å²) in [5.41, 5.74) is 1.73. The van der Waals surface area contributed by atoms with Crippen LogP contribution in [-0.4, -0.2) is 19.0 Å². The lowest BCUT2D eigenvalue weighted by Gasteiger charge is -2.10. The Bertz CT molecular complexity index is 598. The summed E-state index contributed by atoms with van der Waals surface area (Å²) in [6.45, 7) is 0. The van der Waals surface area contributed by atoms with Gasteiger partial charge in [0.15, 0.2) is 0 Å². The molecule has 2 aromatic rings. The van der Waals surface area contributed by atoms with Gasteiger partial charge in [-0.15, -0.1) is 0 Å². The van der Waals surface area contributed by atoms with Crippen molar-refractivity contribution in [3.63, 3.8) is 0 Å². The standard InChI is InChI=1S/C15H14N2/c1-17(2)14(11-16)10-13-8-5-7-12-6-3-4-9-15(12)13/h3-10H,1-2H3. The minimum Gasteiger partial charge on any atom is -0.369 e. The van der Waals surface area contributed by atoms with E-state index in [-0.39, 0.29) is 0 Å². The number of nitriles is 1. The quantitative estimate of drug-likeness (QED) is 0.729. The molecule has 0 N–H and O–H groups in total. The molecule has 2 nitrogen and oxygen atoms in total. The van der Waals surface area contributed by atoms with E-state index < -0.39 is 0 Å². The summed E-state index contributed by atoms with van der Waals surface area (Å²) in [4.78, 5) is 1.82. The van der Waals surface area contributed by atoms with Crippen molar-refractivity contribution >= 4 is 16.8 Å². The molecule has 0 bridgehead atoms. The van der Waals surface area contributed by atoms with E-state index in [0.29, 0.717) is 5.70 Å². The van der Waals surface area contributed by atoms with Gasteiger partial charge in [0, 0.05) is 14.1 Å². The molecule has 0 amide bonds. The molecule has 2 rings (SSSR count). The summed E-state index contributed by atoms with van der Waals surface area (Å²) in [6.07, 6.45) is 1.92. The molecule has 0 aliphatic rings. The van der Waals surface area contributed by atoms with Gasteiger partial charge in [-0.1, -0.05) is 42.5 Å². The van der Waals surface area contributed by atoms with E-state index in [1.807, 2.05) is 49.3 Å². The maximum atomic E-state index is 9.07. The van der Waals surface area contributed by atoms with Crippen LogP contribution in [0.2, 0.25) is 0 Å². The van der Waals surface area contributed by atoms with Gasteiger partial charge in [-0.3, -0.25) is 0 Å². The Hall–Kier alpha value is -2.27. The Kier molecular flexibility index (Phi) is 3.11. The van der Waals surface area contributed by atoms with Crippen molar-refractivity contribution in [1.82, 2.24) is 4.90 Å². The first-order chi connectivity index (χ1) is 8.22. The van der Waals surface area contributed by atoms with E-state index in [1.54, 1.807) is 0 Å². The summed E-state index contributed by atoms with van der Waals surface area (Å²) in [5.74, 6) is 0. The van der Waals surface area contributed by atoms with Crippen LogP contribution in [-0.2, 0) is 0 Å². The van der Waals surface area contributed by atoms with Gasteiger partial charge < -0.3 is 4.90 Å². The first-order valence-corrected chi connectivity index (χ1v) is 5.49. The number of hydrogen-bond donors (Lipinski definition) is 0. The van der Waals surface area contributed by atoms with Crippen LogP contribution in [0.5, 0.6) is 0 Å². The number of nitrogens with zero attached hydrogens (tertiary/aromatic N) is 2. The molecule has 0 spiro atoms. The predicted molar refractivity (Wildman–Crippen MR) is 71.2 cm³/mol. The average Bonchev–Trinajstić information content (AvgIpc) is 2.35. The molecule has 17 heavy (non-hydrogen) atoms. The number of fused-ring (bicyclic) bond motifs is 1. The average molecular weight is 222 g/mol. The molecule has 0 aliphatic carbocycles. The third-order valence-electron chi connectivity index (χ3n) is 2.71. The fraction of sp³-hybridized carbons (Fsp3) is 0.133. The van der Waals surface area contributed by atoms with E-state index in [9.17, 15) is 0 Å². The second-order valence-electron chi connectivity index (χ2n) is 4.10. The van der Waals surface area contributed by atoms with Crippen LogP contribution in [0.15, 0.2) is 48.2 Å². The van der Waals surface area contributed by atoms with Gasteiger partial charge in [-0.05, 0) is 22.4 Å². The second-order valence-corrected chi connectivity index (χ2v) is 4.10. The predicted octanol–water partition coefficient (Wildman–Crippen LogP) is 3.27. The molecular formula is C15H14N2. The molecule has 0 saturated heterocycles. The highest BCUT2D eigenvalue weighted by Crippen LogP contribution is 2.21. The molecule has 0 unspecified atom stereocenters. The normalized spacial score (nSPS) is 11.2. The fourth-order valence-corrected chi connectivity index (χ4v) is 1.78. The molecule has 84 valence electrons. The smallest absolute Gasteiger partial charge is 0.117 e. The second kappa shape index (κ2) is 4.71. The molecule has 2 aromatic carbocycles. The van der Waals surface area contributed by atoms with Crippen LogP contribution in [0.1, 0.15) is 5.56 Å². The Morgan fingerprint density at radius 2 is 1.82 bits per heavy atom. The third-order valence-corrected chi connectivity index (χ3v) is 2.71. The SMILES string of the molecule is CN(C)C(C#N)=Cc1cccc2ccccc12. The maximum Gasteiger partial charge on any atom is 0.117 e. The zero-order valence-corrected chi connectivity index (χ0v) is 10.0. The fourth-order valence-electron chi connectivity index (χ4n) is 1.78. The molecule has 0 radical (unpaired) electrons. The maximum absolute atomic E-state index is 9.07. The van der Waals surface area contributed by atoms with E-state index in [1.165, 1.54) is 10.8 Å². The number of hydrogen-bond acceptors (Lipinski definition) is 2. The molecule has 0 heterocycles. The molecular weight excluding hydrogens is 208 g/mol. The Morgan fingerprint density at radius 3 is 2.53 bits per heavy atom. The lowest BCUT2D eigenvalue weighted by atomic mass is 10.0. The topological polar surface area (TPSA) is 27.0 Å². The molecule has 0 aromatic heterocycles. The summed E-state index contributed by atoms with van der Waals surface area (Å²) >= 11 is 0. The third kappa shape index (κ3) is 2.29. The van der Waals surface area contributed by atoms with Gasteiger partial charge in [0.25, 0.3) is 0 Å². The minimum atomic E-state index is 0.654. The Balaban J connectivity index is 2.61. The molecule has 0 fully saturated rings. The van der Waals surface area contributed by atoms with Crippen molar-refractivity contribution in [2.75, 3.05) is 14.1 Å². The molecule has 0 aliphatic heterocycles. The largest absolute Gasteiger partial charge is 0.369 e. The first-order valence-electron chi connectivity index (χ1n) is 5.49. The van der Waals surface area contributed by atoms with Crippen LogP contribution in [0, 0.1) is 11.3 Å². The van der Waals surface area contributed by atoms with Crippen molar-refractivity contribution in [3.05, 3.63) is 53.7 Å². The highest BCUT2D eigenvalue weighted by atomic mass is 15.1. The Morgan fingerprint density at radius 1 is 1.12 bits per heavy atom. The minimum absolute atomic E-state index is 0.654. The lowest BCUT2D eigenvalue weighted by Crippen LogP contribution is -2.08. The van der Waals surface area contributed by atoms with Gasteiger partial charge >= 0.3 is 0 Å². The molecule has 2 heteroatoms. The number of allylic oxidation sites excluding steroid dienone is 1. The van der Waals surface area contributed by atoms with Crippen LogP contribution in [0.3, 0.4) is 0 Å². The summed E-state index contributed by atoms with van der Waals surface area (Å²) in [5, 5.41) is 11.4. The van der Waals surface area contributed by atoms with Crippen molar-refractivity contribution in [3.8, 4) is 6.07 Å². The first kappa shape index (κ1) is 11.2. The van der Waals surface area contributed by atoms with Gasteiger partial charge in [0.2, 0.25) is 0 Å². The number of rotatable bonds is 2. The van der Waals surface area contributed by atoms with E-state index >= 15 is 0 Å². The van der Waals surface area contributed by atoms with Crippen LogP contribution >= 0.6 is 0 Å². The summed E-state index contributed by atoms with van der Waals surface area (Å²) < 4.78 is 0. The van der Waals surface area contributed by atoms with Crippen LogP contribution < -0.4 is 0 Å². The highest BCUT2D eigenvalue weighted by molar-refractivity contribution is 5.91. The van der Waals surface area contributed by atoms with E-state index in [2.05, 4.69) is 24.3 Å². The van der Waals surface area contributed by atoms with Gasteiger partial charge in [-0.2, -0.15) is 5.26 Å². The zero-order valence-electron chi connectivity index (χ0n) is 10.0. The monoisotopic (exact) mass is 222 g/mol. The molecule has 0 saturated carbocycles. The van der Waals surface area contributed by atoms with Crippen molar-refractivity contribution in [2.45, 2.75) is 0 Å². The van der Waals surface area contributed by atoms with Crippen molar-refractivity contribution in [2.24, 2.45) is 0 Å². The summed E-state index contributed by atoms with van der Waals surface area (Å²) in [7, 11) is 3.75. The van der Waals surface area contributed by atoms with Gasteiger partial charge in [-0.25, -0.2) is 0 Å². The van der Waals surface area contributed by atoms with Gasteiger partial charge in [0.05, 0.1) is 0 Å². The van der Waals surface area contributed by atoms with Crippen LogP contribution in [0.25, 0.3) is 16.8 Å². The zero-order chi connectivity index (χ0) is 12.3. The summed E-state index contributed by atoms with van der Waals surface area (Å²) in [6, 6.07) is 16.5.